The summed E-state index contributed by atoms with van der Waals surface area (Å²) in [4.78, 5) is 2.19. The van der Waals surface area contributed by atoms with Gasteiger partial charge in [0, 0.05) is 18.1 Å². The van der Waals surface area contributed by atoms with Gasteiger partial charge in [-0.2, -0.15) is 5.10 Å². The van der Waals surface area contributed by atoms with E-state index < -0.39 is 5.60 Å². The molecular formula is C26H32ClN3O3. The maximum atomic E-state index is 10.6. The molecule has 0 aliphatic carbocycles. The number of hydrogen-bond donors (Lipinski definition) is 1. The molecule has 0 saturated carbocycles. The molecule has 0 radical (unpaired) electrons. The highest BCUT2D eigenvalue weighted by Gasteiger charge is 2.25. The third-order valence-corrected chi connectivity index (χ3v) is 5.64. The van der Waals surface area contributed by atoms with E-state index in [0.717, 1.165) is 29.9 Å². The second kappa shape index (κ2) is 10.9. The van der Waals surface area contributed by atoms with Crippen LogP contribution in [0.15, 0.2) is 61.2 Å². The van der Waals surface area contributed by atoms with Gasteiger partial charge in [0.05, 0.1) is 29.7 Å². The number of para-hydroxylation sites is 2. The molecule has 1 heterocycles. The third-order valence-electron chi connectivity index (χ3n) is 5.39. The van der Waals surface area contributed by atoms with Crippen molar-refractivity contribution in [2.75, 3.05) is 20.2 Å². The molecule has 1 N–H and O–H groups in total. The average Bonchev–Trinajstić information content (AvgIpc) is 3.09. The first-order valence-electron chi connectivity index (χ1n) is 11.0. The van der Waals surface area contributed by atoms with Crippen molar-refractivity contribution in [2.24, 2.45) is 0 Å². The summed E-state index contributed by atoms with van der Waals surface area (Å²) in [6, 6.07) is 15.0. The molecule has 0 aliphatic rings. The van der Waals surface area contributed by atoms with Crippen LogP contribution < -0.4 is 9.47 Å². The molecule has 0 fully saturated rings. The Hall–Kier alpha value is -2.80. The number of methoxy groups -OCH3 is 1. The SMILES string of the molecule is C=C[C@](C)(O)CN(CCC)Cc1c(C)nn(-c2ccc(Cl)cc2)c1Oc1ccccc1OC. The van der Waals surface area contributed by atoms with Gasteiger partial charge in [0.15, 0.2) is 11.5 Å². The van der Waals surface area contributed by atoms with Crippen LogP contribution in [-0.2, 0) is 6.54 Å². The lowest BCUT2D eigenvalue weighted by Gasteiger charge is -2.29. The van der Waals surface area contributed by atoms with Crippen LogP contribution >= 0.6 is 11.6 Å². The second-order valence-electron chi connectivity index (χ2n) is 8.28. The Bertz CT molecular complexity index is 1080. The Balaban J connectivity index is 2.08. The molecule has 7 heteroatoms. The Morgan fingerprint density at radius 3 is 2.45 bits per heavy atom. The largest absolute Gasteiger partial charge is 0.493 e. The first-order chi connectivity index (χ1) is 15.8. The molecular weight excluding hydrogens is 438 g/mol. The van der Waals surface area contributed by atoms with Crippen LogP contribution in [0.1, 0.15) is 31.5 Å². The van der Waals surface area contributed by atoms with Crippen LogP contribution in [0, 0.1) is 6.92 Å². The van der Waals surface area contributed by atoms with E-state index in [4.69, 9.17) is 26.2 Å². The lowest BCUT2D eigenvalue weighted by molar-refractivity contribution is 0.0584. The van der Waals surface area contributed by atoms with Gasteiger partial charge in [0.1, 0.15) is 0 Å². The maximum absolute atomic E-state index is 10.6. The van der Waals surface area contributed by atoms with Crippen molar-refractivity contribution < 1.29 is 14.6 Å². The van der Waals surface area contributed by atoms with Crippen LogP contribution in [-0.4, -0.2) is 45.6 Å². The van der Waals surface area contributed by atoms with E-state index >= 15 is 0 Å². The molecule has 3 rings (SSSR count). The smallest absolute Gasteiger partial charge is 0.227 e. The molecule has 176 valence electrons. The fourth-order valence-electron chi connectivity index (χ4n) is 3.66. The van der Waals surface area contributed by atoms with Gasteiger partial charge in [-0.1, -0.05) is 36.7 Å². The number of aliphatic hydroxyl groups is 1. The van der Waals surface area contributed by atoms with Crippen LogP contribution in [0.3, 0.4) is 0 Å². The Kier molecular flexibility index (Phi) is 8.19. The summed E-state index contributed by atoms with van der Waals surface area (Å²) in [7, 11) is 1.62. The van der Waals surface area contributed by atoms with Crippen molar-refractivity contribution in [1.82, 2.24) is 14.7 Å². The fraction of sp³-hybridized carbons (Fsp3) is 0.346. The molecule has 33 heavy (non-hydrogen) atoms. The van der Waals surface area contributed by atoms with E-state index in [9.17, 15) is 5.11 Å². The minimum Gasteiger partial charge on any atom is -0.493 e. The Morgan fingerprint density at radius 2 is 1.85 bits per heavy atom. The van der Waals surface area contributed by atoms with Gasteiger partial charge >= 0.3 is 0 Å². The average molecular weight is 470 g/mol. The molecule has 0 spiro atoms. The summed E-state index contributed by atoms with van der Waals surface area (Å²) in [6.45, 7) is 11.4. The van der Waals surface area contributed by atoms with Gasteiger partial charge in [0.2, 0.25) is 5.88 Å². The van der Waals surface area contributed by atoms with E-state index in [0.29, 0.717) is 35.5 Å². The second-order valence-corrected chi connectivity index (χ2v) is 8.72. The lowest BCUT2D eigenvalue weighted by Crippen LogP contribution is -2.39. The van der Waals surface area contributed by atoms with Crippen LogP contribution in [0.25, 0.3) is 5.69 Å². The third kappa shape index (κ3) is 6.16. The highest BCUT2D eigenvalue weighted by molar-refractivity contribution is 6.30. The van der Waals surface area contributed by atoms with Gasteiger partial charge in [-0.15, -0.1) is 6.58 Å². The van der Waals surface area contributed by atoms with Crippen molar-refractivity contribution in [2.45, 2.75) is 39.3 Å². The predicted octanol–water partition coefficient (Wildman–Crippen LogP) is 5.78. The number of halogens is 1. The van der Waals surface area contributed by atoms with Crippen molar-refractivity contribution >= 4 is 11.6 Å². The summed E-state index contributed by atoms with van der Waals surface area (Å²) < 4.78 is 13.7. The topological polar surface area (TPSA) is 59.8 Å². The van der Waals surface area contributed by atoms with E-state index in [2.05, 4.69) is 18.4 Å². The summed E-state index contributed by atoms with van der Waals surface area (Å²) in [5.41, 5.74) is 1.61. The van der Waals surface area contributed by atoms with Gasteiger partial charge in [-0.25, -0.2) is 4.68 Å². The monoisotopic (exact) mass is 469 g/mol. The van der Waals surface area contributed by atoms with Crippen molar-refractivity contribution in [3.63, 3.8) is 0 Å². The minimum absolute atomic E-state index is 0.448. The van der Waals surface area contributed by atoms with Gasteiger partial charge < -0.3 is 14.6 Å². The summed E-state index contributed by atoms with van der Waals surface area (Å²) in [5, 5.41) is 16.0. The fourth-order valence-corrected chi connectivity index (χ4v) is 3.79. The predicted molar refractivity (Wildman–Crippen MR) is 133 cm³/mol. The zero-order chi connectivity index (χ0) is 24.0. The number of aromatic nitrogens is 2. The highest BCUT2D eigenvalue weighted by Crippen LogP contribution is 2.36. The first-order valence-corrected chi connectivity index (χ1v) is 11.4. The quantitative estimate of drug-likeness (QED) is 0.360. The molecule has 3 aromatic rings. The number of hydrogen-bond acceptors (Lipinski definition) is 5. The highest BCUT2D eigenvalue weighted by atomic mass is 35.5. The van der Waals surface area contributed by atoms with Gasteiger partial charge in [-0.05, 0) is 63.2 Å². The van der Waals surface area contributed by atoms with Crippen LogP contribution in [0.4, 0.5) is 0 Å². The standard InChI is InChI=1S/C26H32ClN3O3/c1-6-16-29(18-26(4,31)7-2)17-22-19(3)28-30(21-14-12-20(27)13-15-21)25(22)33-24-11-9-8-10-23(24)32-5/h7-15,31H,2,6,16-18H2,1,3-5H3/t26-/m0/s1. The van der Waals surface area contributed by atoms with Crippen molar-refractivity contribution in [3.05, 3.63) is 77.5 Å². The zero-order valence-electron chi connectivity index (χ0n) is 19.7. The van der Waals surface area contributed by atoms with Gasteiger partial charge in [0.25, 0.3) is 0 Å². The molecule has 0 unspecified atom stereocenters. The lowest BCUT2D eigenvalue weighted by atomic mass is 10.1. The minimum atomic E-state index is -1.00. The number of nitrogens with zero attached hydrogens (tertiary/aromatic N) is 3. The van der Waals surface area contributed by atoms with Crippen LogP contribution in [0.5, 0.6) is 17.4 Å². The Morgan fingerprint density at radius 1 is 1.18 bits per heavy atom. The molecule has 6 nitrogen and oxygen atoms in total. The first kappa shape index (κ1) is 24.8. The number of ether oxygens (including phenoxy) is 2. The summed E-state index contributed by atoms with van der Waals surface area (Å²) in [5.74, 6) is 1.82. The molecule has 0 saturated heterocycles. The Labute approximate surface area is 201 Å². The molecule has 0 aliphatic heterocycles. The van der Waals surface area contributed by atoms with E-state index in [1.165, 1.54) is 0 Å². The molecule has 0 amide bonds. The van der Waals surface area contributed by atoms with E-state index in [-0.39, 0.29) is 0 Å². The normalized spacial score (nSPS) is 13.1. The molecule has 0 bridgehead atoms. The van der Waals surface area contributed by atoms with Crippen LogP contribution in [0.2, 0.25) is 5.02 Å². The summed E-state index contributed by atoms with van der Waals surface area (Å²) in [6.07, 6.45) is 2.52. The number of benzene rings is 2. The number of aryl methyl sites for hydroxylation is 1. The van der Waals surface area contributed by atoms with E-state index in [1.807, 2.05) is 55.5 Å². The molecule has 1 atom stereocenters. The molecule has 2 aromatic carbocycles. The zero-order valence-corrected chi connectivity index (χ0v) is 20.5. The van der Waals surface area contributed by atoms with Gasteiger partial charge in [-0.3, -0.25) is 4.90 Å². The summed E-state index contributed by atoms with van der Waals surface area (Å²) >= 11 is 6.11. The van der Waals surface area contributed by atoms with E-state index in [1.54, 1.807) is 24.8 Å². The molecule has 1 aromatic heterocycles. The number of rotatable bonds is 11. The maximum Gasteiger partial charge on any atom is 0.227 e. The van der Waals surface area contributed by atoms with Crippen molar-refractivity contribution in [3.8, 4) is 23.1 Å². The van der Waals surface area contributed by atoms with Crippen molar-refractivity contribution in [1.29, 1.82) is 0 Å².